The van der Waals surface area contributed by atoms with Gasteiger partial charge in [-0.25, -0.2) is 15.2 Å². The molecule has 7 nitrogen and oxygen atoms in total. The van der Waals surface area contributed by atoms with Crippen molar-refractivity contribution in [3.8, 4) is 11.5 Å². The molecule has 2 aromatic rings. The summed E-state index contributed by atoms with van der Waals surface area (Å²) in [5.74, 6) is 4.91. The van der Waals surface area contributed by atoms with Gasteiger partial charge in [0.1, 0.15) is 17.4 Å². The molecule has 0 bridgehead atoms. The van der Waals surface area contributed by atoms with Gasteiger partial charge in [0.05, 0.1) is 4.92 Å². The lowest BCUT2D eigenvalue weighted by Gasteiger charge is -2.07. The SMILES string of the molecule is NNc1cc(Oc2cc(F)ccc2[N+](=O)[O-])ccn1. The molecule has 0 unspecified atom stereocenters. The quantitative estimate of drug-likeness (QED) is 0.498. The minimum Gasteiger partial charge on any atom is -0.450 e. The predicted octanol–water partition coefficient (Wildman–Crippen LogP) is 2.21. The minimum absolute atomic E-state index is 0.195. The first-order chi connectivity index (χ1) is 9.10. The van der Waals surface area contributed by atoms with Gasteiger partial charge in [-0.1, -0.05) is 0 Å². The summed E-state index contributed by atoms with van der Waals surface area (Å²) in [6, 6.07) is 5.86. The maximum Gasteiger partial charge on any atom is 0.311 e. The van der Waals surface area contributed by atoms with Gasteiger partial charge >= 0.3 is 5.69 Å². The van der Waals surface area contributed by atoms with Crippen LogP contribution in [0.4, 0.5) is 15.9 Å². The topological polar surface area (TPSA) is 103 Å². The second kappa shape index (κ2) is 5.27. The van der Waals surface area contributed by atoms with Crippen molar-refractivity contribution in [1.82, 2.24) is 4.98 Å². The number of ether oxygens (including phenoxy) is 1. The third-order valence-corrected chi connectivity index (χ3v) is 2.23. The van der Waals surface area contributed by atoms with E-state index in [0.29, 0.717) is 5.82 Å². The van der Waals surface area contributed by atoms with E-state index in [2.05, 4.69) is 10.4 Å². The number of hydrogen-bond donors (Lipinski definition) is 2. The van der Waals surface area contributed by atoms with Crippen molar-refractivity contribution in [2.24, 2.45) is 5.84 Å². The Morgan fingerprint density at radius 2 is 2.16 bits per heavy atom. The summed E-state index contributed by atoms with van der Waals surface area (Å²) in [6.45, 7) is 0. The van der Waals surface area contributed by atoms with E-state index in [9.17, 15) is 14.5 Å². The highest BCUT2D eigenvalue weighted by atomic mass is 19.1. The van der Waals surface area contributed by atoms with Crippen molar-refractivity contribution in [1.29, 1.82) is 0 Å². The average Bonchev–Trinajstić information content (AvgIpc) is 2.38. The van der Waals surface area contributed by atoms with Gasteiger partial charge in [0, 0.05) is 24.4 Å². The summed E-state index contributed by atoms with van der Waals surface area (Å²) in [5, 5.41) is 10.8. The van der Waals surface area contributed by atoms with E-state index in [0.717, 1.165) is 18.2 Å². The van der Waals surface area contributed by atoms with E-state index < -0.39 is 10.7 Å². The lowest BCUT2D eigenvalue weighted by Crippen LogP contribution is -2.08. The zero-order valence-electron chi connectivity index (χ0n) is 9.54. The van der Waals surface area contributed by atoms with Crippen LogP contribution in [0.25, 0.3) is 0 Å². The Morgan fingerprint density at radius 3 is 2.84 bits per heavy atom. The molecule has 19 heavy (non-hydrogen) atoms. The number of nitrogens with one attached hydrogen (secondary N) is 1. The smallest absolute Gasteiger partial charge is 0.311 e. The Labute approximate surface area is 107 Å². The molecule has 0 aliphatic carbocycles. The zero-order valence-corrected chi connectivity index (χ0v) is 9.54. The molecule has 3 N–H and O–H groups in total. The summed E-state index contributed by atoms with van der Waals surface area (Å²) in [4.78, 5) is 14.0. The van der Waals surface area contributed by atoms with Crippen LogP contribution >= 0.6 is 0 Å². The van der Waals surface area contributed by atoms with Gasteiger partial charge in [0.2, 0.25) is 5.75 Å². The molecule has 0 saturated heterocycles. The Kier molecular flexibility index (Phi) is 3.53. The predicted molar refractivity (Wildman–Crippen MR) is 65.2 cm³/mol. The van der Waals surface area contributed by atoms with Crippen molar-refractivity contribution in [2.75, 3.05) is 5.43 Å². The number of nitro benzene ring substituents is 1. The molecule has 2 rings (SSSR count). The fraction of sp³-hybridized carbons (Fsp3) is 0. The van der Waals surface area contributed by atoms with Crippen LogP contribution in [0.15, 0.2) is 36.5 Å². The first-order valence-corrected chi connectivity index (χ1v) is 5.14. The van der Waals surface area contributed by atoms with Gasteiger partial charge in [-0.2, -0.15) is 0 Å². The number of nitro groups is 1. The van der Waals surface area contributed by atoms with Gasteiger partial charge in [0.25, 0.3) is 0 Å². The van der Waals surface area contributed by atoms with E-state index in [-0.39, 0.29) is 17.2 Å². The van der Waals surface area contributed by atoms with Crippen LogP contribution in [0.1, 0.15) is 0 Å². The molecular formula is C11H9FN4O3. The third kappa shape index (κ3) is 2.93. The van der Waals surface area contributed by atoms with Crippen LogP contribution in [0.5, 0.6) is 11.5 Å². The lowest BCUT2D eigenvalue weighted by molar-refractivity contribution is -0.385. The number of nitrogen functional groups attached to an aromatic ring is 1. The second-order valence-corrected chi connectivity index (χ2v) is 3.49. The van der Waals surface area contributed by atoms with E-state index in [1.165, 1.54) is 18.3 Å². The first kappa shape index (κ1) is 12.7. The summed E-state index contributed by atoms with van der Waals surface area (Å²) >= 11 is 0. The van der Waals surface area contributed by atoms with Gasteiger partial charge < -0.3 is 10.2 Å². The number of hydrogen-bond acceptors (Lipinski definition) is 6. The molecular weight excluding hydrogens is 255 g/mol. The molecule has 0 spiro atoms. The summed E-state index contributed by atoms with van der Waals surface area (Å²) in [7, 11) is 0. The molecule has 0 atom stereocenters. The molecule has 0 aliphatic rings. The Morgan fingerprint density at radius 1 is 1.37 bits per heavy atom. The largest absolute Gasteiger partial charge is 0.450 e. The zero-order chi connectivity index (χ0) is 13.8. The highest BCUT2D eigenvalue weighted by Gasteiger charge is 2.16. The Balaban J connectivity index is 2.36. The van der Waals surface area contributed by atoms with E-state index in [1.807, 2.05) is 0 Å². The van der Waals surface area contributed by atoms with E-state index in [1.54, 1.807) is 0 Å². The fourth-order valence-electron chi connectivity index (χ4n) is 1.40. The molecule has 0 radical (unpaired) electrons. The molecule has 98 valence electrons. The van der Waals surface area contributed by atoms with E-state index >= 15 is 0 Å². The lowest BCUT2D eigenvalue weighted by atomic mass is 10.3. The number of nitrogens with zero attached hydrogens (tertiary/aromatic N) is 2. The molecule has 1 heterocycles. The summed E-state index contributed by atoms with van der Waals surface area (Å²) in [5.41, 5.74) is 1.97. The molecule has 1 aromatic heterocycles. The number of aromatic nitrogens is 1. The van der Waals surface area contributed by atoms with Crippen molar-refractivity contribution in [3.63, 3.8) is 0 Å². The fourth-order valence-corrected chi connectivity index (χ4v) is 1.40. The van der Waals surface area contributed by atoms with Crippen LogP contribution in [0.2, 0.25) is 0 Å². The normalized spacial score (nSPS) is 10.0. The maximum absolute atomic E-state index is 13.1. The van der Waals surface area contributed by atoms with Gasteiger partial charge in [-0.15, -0.1) is 0 Å². The van der Waals surface area contributed by atoms with Crippen molar-refractivity contribution in [2.45, 2.75) is 0 Å². The number of hydrazine groups is 1. The monoisotopic (exact) mass is 264 g/mol. The summed E-state index contributed by atoms with van der Waals surface area (Å²) in [6.07, 6.45) is 1.40. The standard InChI is InChI=1S/C11H9FN4O3/c12-7-1-2-9(16(17)18)10(5-7)19-8-3-4-14-11(6-8)15-13/h1-6H,13H2,(H,14,15). The minimum atomic E-state index is -0.655. The maximum atomic E-state index is 13.1. The molecule has 0 fully saturated rings. The van der Waals surface area contributed by atoms with E-state index in [4.69, 9.17) is 10.6 Å². The Hall–Kier alpha value is -2.74. The second-order valence-electron chi connectivity index (χ2n) is 3.49. The van der Waals surface area contributed by atoms with Crippen LogP contribution in [-0.4, -0.2) is 9.91 Å². The highest BCUT2D eigenvalue weighted by molar-refractivity contribution is 5.49. The number of halogens is 1. The number of nitrogens with two attached hydrogens (primary N) is 1. The van der Waals surface area contributed by atoms with Crippen molar-refractivity contribution < 1.29 is 14.1 Å². The average molecular weight is 264 g/mol. The molecule has 0 aliphatic heterocycles. The number of rotatable bonds is 4. The summed E-state index contributed by atoms with van der Waals surface area (Å²) < 4.78 is 18.4. The molecule has 0 amide bonds. The molecule has 0 saturated carbocycles. The van der Waals surface area contributed by atoms with Gasteiger partial charge in [-0.05, 0) is 12.1 Å². The van der Waals surface area contributed by atoms with Crippen LogP contribution in [-0.2, 0) is 0 Å². The van der Waals surface area contributed by atoms with Crippen LogP contribution in [0, 0.1) is 15.9 Å². The van der Waals surface area contributed by atoms with Crippen molar-refractivity contribution >= 4 is 11.5 Å². The van der Waals surface area contributed by atoms with Gasteiger partial charge in [-0.3, -0.25) is 10.1 Å². The first-order valence-electron chi connectivity index (χ1n) is 5.14. The third-order valence-electron chi connectivity index (χ3n) is 2.23. The highest BCUT2D eigenvalue weighted by Crippen LogP contribution is 2.32. The Bertz CT molecular complexity index is 621. The van der Waals surface area contributed by atoms with Gasteiger partial charge in [0.15, 0.2) is 0 Å². The van der Waals surface area contributed by atoms with Crippen LogP contribution < -0.4 is 16.0 Å². The number of benzene rings is 1. The van der Waals surface area contributed by atoms with Crippen LogP contribution in [0.3, 0.4) is 0 Å². The number of anilines is 1. The van der Waals surface area contributed by atoms with Crippen molar-refractivity contribution in [3.05, 3.63) is 52.5 Å². The molecule has 8 heteroatoms. The number of pyridine rings is 1. The molecule has 1 aromatic carbocycles.